The third kappa shape index (κ3) is 16.0. The number of hydrogen-bond acceptors (Lipinski definition) is 2. The predicted octanol–water partition coefficient (Wildman–Crippen LogP) is 32.9. The molecule has 0 saturated heterocycles. The van der Waals surface area contributed by atoms with Gasteiger partial charge in [0.15, 0.2) is 0 Å². The van der Waals surface area contributed by atoms with Crippen molar-refractivity contribution in [3.8, 4) is 55.9 Å². The summed E-state index contributed by atoms with van der Waals surface area (Å²) in [7, 11) is 0. The van der Waals surface area contributed by atoms with Crippen molar-refractivity contribution in [1.82, 2.24) is 9.13 Å². The minimum atomic E-state index is -0.362. The number of fused-ring (bicyclic) bond motifs is 10. The zero-order chi connectivity index (χ0) is 91.6. The summed E-state index contributed by atoms with van der Waals surface area (Å²) in [6.07, 6.45) is 0. The Hall–Kier alpha value is -10.9. The first-order valence-corrected chi connectivity index (χ1v) is 47.0. The van der Waals surface area contributed by atoms with Gasteiger partial charge in [-0.15, -0.1) is 0 Å². The molecule has 0 spiro atoms. The summed E-state index contributed by atoms with van der Waals surface area (Å²) in [5.41, 5.74) is 40.2. The second-order valence-corrected chi connectivity index (χ2v) is 49.1. The first-order valence-electron chi connectivity index (χ1n) is 47.0. The fourth-order valence-electron chi connectivity index (χ4n) is 19.6. The van der Waals surface area contributed by atoms with E-state index in [4.69, 9.17) is 0 Å². The summed E-state index contributed by atoms with van der Waals surface area (Å²) in [4.78, 5) is 5.53. The van der Waals surface area contributed by atoms with Crippen molar-refractivity contribution in [3.63, 3.8) is 0 Å². The van der Waals surface area contributed by atoms with Gasteiger partial charge in [-0.2, -0.15) is 0 Å². The predicted molar refractivity (Wildman–Crippen MR) is 557 cm³/mol. The van der Waals surface area contributed by atoms with Gasteiger partial charge in [0.05, 0.1) is 33.4 Å². The number of hydrogen-bond donors (Lipinski definition) is 0. The highest BCUT2D eigenvalue weighted by atomic mass is 15.2. The van der Waals surface area contributed by atoms with E-state index in [0.717, 1.165) is 45.3 Å². The van der Waals surface area contributed by atoms with Crippen LogP contribution in [0.3, 0.4) is 0 Å². The number of nitrogens with zero attached hydrogens (tertiary/aromatic N) is 4. The molecule has 0 saturated carbocycles. The maximum absolute atomic E-state index is 2.77. The van der Waals surface area contributed by atoms with Crippen LogP contribution in [0.5, 0.6) is 0 Å². The average molecular weight is 1670 g/mol. The molecule has 4 heterocycles. The molecule has 2 aliphatic rings. The smallest absolute Gasteiger partial charge is 0.252 e. The van der Waals surface area contributed by atoms with E-state index < -0.39 is 0 Å². The second-order valence-electron chi connectivity index (χ2n) is 49.1. The lowest BCUT2D eigenvalue weighted by atomic mass is 9.33. The van der Waals surface area contributed by atoms with Crippen LogP contribution in [0.1, 0.15) is 290 Å². The summed E-state index contributed by atoms with van der Waals surface area (Å²) >= 11 is 0. The molecule has 5 heteroatoms. The third-order valence-electron chi connectivity index (χ3n) is 28.0. The van der Waals surface area contributed by atoms with Gasteiger partial charge in [-0.1, -0.05) is 374 Å². The molecule has 0 atom stereocenters. The lowest BCUT2D eigenvalue weighted by Gasteiger charge is -2.46. The maximum atomic E-state index is 2.77. The first kappa shape index (κ1) is 88.2. The first-order chi connectivity index (χ1) is 58.9. The Bertz CT molecular complexity index is 6310. The van der Waals surface area contributed by atoms with E-state index in [9.17, 15) is 0 Å². The van der Waals surface area contributed by atoms with Crippen molar-refractivity contribution < 1.29 is 0 Å². The number of rotatable bonds is 8. The Morgan fingerprint density at radius 3 is 0.677 bits per heavy atom. The average Bonchev–Trinajstić information content (AvgIpc) is 0.750. The molecule has 4 nitrogen and oxygen atoms in total. The minimum Gasteiger partial charge on any atom is -0.311 e. The Balaban J connectivity index is 1.06. The lowest BCUT2D eigenvalue weighted by Crippen LogP contribution is -2.61. The Morgan fingerprint density at radius 2 is 0.417 bits per heavy atom. The van der Waals surface area contributed by atoms with Crippen LogP contribution >= 0.6 is 0 Å². The molecule has 0 unspecified atom stereocenters. The summed E-state index contributed by atoms with van der Waals surface area (Å²) in [6, 6.07) is 98.8. The van der Waals surface area contributed by atoms with Crippen LogP contribution in [-0.2, 0) is 59.6 Å². The molecule has 15 aromatic rings. The molecule has 2 aliphatic heterocycles. The fraction of sp³-hybridized carbons (Fsp3) is 0.361. The normalized spacial score (nSPS) is 14.0. The molecule has 13 aromatic carbocycles. The Kier molecular flexibility index (Phi) is 20.7. The summed E-state index contributed by atoms with van der Waals surface area (Å²) in [5.74, 6) is 0. The van der Waals surface area contributed by atoms with Gasteiger partial charge >= 0.3 is 0 Å². The van der Waals surface area contributed by atoms with E-state index in [1.807, 2.05) is 0 Å². The van der Waals surface area contributed by atoms with Crippen molar-refractivity contribution in [2.45, 2.75) is 288 Å². The zero-order valence-corrected chi connectivity index (χ0v) is 83.0. The number of aromatic nitrogens is 2. The molecule has 0 aliphatic carbocycles. The van der Waals surface area contributed by atoms with E-state index in [0.29, 0.717) is 0 Å². The maximum Gasteiger partial charge on any atom is 0.252 e. The van der Waals surface area contributed by atoms with Gasteiger partial charge in [-0.3, -0.25) is 0 Å². The SMILES string of the molecule is CC(C)(C)c1ccc(-c2ccc(-c3cc(C(C)(C)C)cc(C(C)(C)C)c3)cc2N2c3cc(-n4c5ccc(C(C)(C)C)cc5c5cc(C(C)(C)C)ccc54)ccc3B3c4ccc(-n5c6ccc(C(C)(C)C)cc6c6cc(C(C)(C)C)ccc65)cc4N(c4cc(-c5cc(C(C)(C)C)cc(C(C)(C)C)c5)ccc4-c4ccc(C(C)(C)C)cc4)c4cc(C(C)(C)C)cc2c43)cc1. The van der Waals surface area contributed by atoms with Gasteiger partial charge in [0.1, 0.15) is 0 Å². The van der Waals surface area contributed by atoms with E-state index in [1.165, 1.54) is 166 Å². The molecule has 2 aromatic heterocycles. The van der Waals surface area contributed by atoms with E-state index >= 15 is 0 Å². The van der Waals surface area contributed by atoms with Crippen LogP contribution < -0.4 is 26.2 Å². The Labute approximate surface area is 762 Å². The molecule has 650 valence electrons. The van der Waals surface area contributed by atoms with Gasteiger partial charge in [0.25, 0.3) is 6.71 Å². The lowest BCUT2D eigenvalue weighted by molar-refractivity contribution is 0.568. The molecule has 0 fully saturated rings. The Morgan fingerprint density at radius 1 is 0.173 bits per heavy atom. The van der Waals surface area contributed by atoms with Crippen molar-refractivity contribution in [2.75, 3.05) is 9.80 Å². The molecular weight excluding hydrogens is 1530 g/mol. The highest BCUT2D eigenvalue weighted by Gasteiger charge is 2.46. The van der Waals surface area contributed by atoms with Crippen LogP contribution in [0.15, 0.2) is 243 Å². The second kappa shape index (κ2) is 29.9. The van der Waals surface area contributed by atoms with Gasteiger partial charge in [-0.05, 0) is 268 Å². The largest absolute Gasteiger partial charge is 0.311 e. The van der Waals surface area contributed by atoms with Gasteiger partial charge in [-0.25, -0.2) is 0 Å². The molecule has 0 amide bonds. The summed E-state index contributed by atoms with van der Waals surface area (Å²) < 4.78 is 5.19. The quantitative estimate of drug-likeness (QED) is 0.141. The third-order valence-corrected chi connectivity index (χ3v) is 28.0. The number of benzene rings is 13. The molecule has 127 heavy (non-hydrogen) atoms. The van der Waals surface area contributed by atoms with Crippen molar-refractivity contribution >= 4 is 101 Å². The molecular formula is C122H139BN4. The molecule has 0 bridgehead atoms. The molecule has 0 radical (unpaired) electrons. The summed E-state index contributed by atoms with van der Waals surface area (Å²) in [5, 5.41) is 5.07. The van der Waals surface area contributed by atoms with Crippen LogP contribution in [0.2, 0.25) is 0 Å². The topological polar surface area (TPSA) is 16.3 Å². The van der Waals surface area contributed by atoms with Gasteiger partial charge in [0.2, 0.25) is 0 Å². The van der Waals surface area contributed by atoms with Gasteiger partial charge < -0.3 is 18.9 Å². The standard InChI is InChI=1S/C122H139BN4/c1-112(2,3)80-40-34-74(35-41-80)93-50-38-76(78-58-86(118(19,20)21)64-87(59-78)119(22,23)24)62-105(93)126-107-72-91(124-101-54-44-82(114(7,8)9)66-95(101)96-67-83(115(10,11)12)45-55-102(96)124)48-52-99(107)123-100-53-49-92(125-103-56-46-84(116(13,14)15)68-97(103)98-69-85(117(16,17)18)47-57-104(98)125)73-108(100)127(110-71-90(122(31,32)33)70-109(126)111(110)123)106-63-77(39-51-94(106)75-36-42-81(43-37-75)113(4,5)6)79-60-88(120(25,26)27)65-89(61-79)121(28,29)30/h34-73H,1-33H3. The van der Waals surface area contributed by atoms with E-state index in [1.54, 1.807) is 0 Å². The zero-order valence-electron chi connectivity index (χ0n) is 83.0. The van der Waals surface area contributed by atoms with Crippen molar-refractivity contribution in [1.29, 1.82) is 0 Å². The van der Waals surface area contributed by atoms with Crippen molar-refractivity contribution in [3.05, 3.63) is 304 Å². The van der Waals surface area contributed by atoms with Crippen molar-refractivity contribution in [2.24, 2.45) is 0 Å². The highest BCUT2D eigenvalue weighted by molar-refractivity contribution is 7.00. The van der Waals surface area contributed by atoms with Crippen LogP contribution in [-0.4, -0.2) is 15.8 Å². The van der Waals surface area contributed by atoms with E-state index in [2.05, 4.69) is 490 Å². The van der Waals surface area contributed by atoms with Crippen LogP contribution in [0, 0.1) is 0 Å². The highest BCUT2D eigenvalue weighted by Crippen LogP contribution is 2.54. The summed E-state index contributed by atoms with van der Waals surface area (Å²) in [6.45, 7) is 77.7. The fourth-order valence-corrected chi connectivity index (χ4v) is 19.6. The monoisotopic (exact) mass is 1670 g/mol. The molecule has 17 rings (SSSR count). The van der Waals surface area contributed by atoms with Crippen LogP contribution in [0.25, 0.3) is 99.5 Å². The molecule has 0 N–H and O–H groups in total. The van der Waals surface area contributed by atoms with E-state index in [-0.39, 0.29) is 66.3 Å². The number of anilines is 6. The van der Waals surface area contributed by atoms with Crippen LogP contribution in [0.4, 0.5) is 34.1 Å². The minimum absolute atomic E-state index is 0.0626. The van der Waals surface area contributed by atoms with Gasteiger partial charge in [0, 0.05) is 66.8 Å².